The first-order chi connectivity index (χ1) is 12.8. The summed E-state index contributed by atoms with van der Waals surface area (Å²) in [7, 11) is 3.15. The quantitative estimate of drug-likeness (QED) is 0.631. The lowest BCUT2D eigenvalue weighted by Gasteiger charge is -2.14. The molecule has 1 aromatic carbocycles. The van der Waals surface area contributed by atoms with Gasteiger partial charge in [-0.3, -0.25) is 4.79 Å². The highest BCUT2D eigenvalue weighted by Gasteiger charge is 2.21. The first-order valence-corrected chi connectivity index (χ1v) is 9.36. The van der Waals surface area contributed by atoms with Crippen LogP contribution in [0.15, 0.2) is 23.0 Å². The van der Waals surface area contributed by atoms with Crippen LogP contribution >= 0.6 is 22.9 Å². The molecule has 0 spiro atoms. The zero-order chi connectivity index (χ0) is 19.7. The number of esters is 1. The van der Waals surface area contributed by atoms with E-state index in [1.807, 2.05) is 7.05 Å². The SMILES string of the molecule is COC(=O)c1sc2nc(C[NH+](C)Cc3c(F)cccc3Cl)[nH]c(=O)c2c1C. The van der Waals surface area contributed by atoms with Crippen LogP contribution in [0.2, 0.25) is 5.02 Å². The lowest BCUT2D eigenvalue weighted by atomic mass is 10.2. The molecule has 27 heavy (non-hydrogen) atoms. The minimum absolute atomic E-state index is 0.310. The Kier molecular flexibility index (Phi) is 5.59. The first-order valence-electron chi connectivity index (χ1n) is 8.16. The molecule has 0 amide bonds. The summed E-state index contributed by atoms with van der Waals surface area (Å²) in [6.45, 7) is 2.39. The van der Waals surface area contributed by atoms with Gasteiger partial charge in [0.25, 0.3) is 5.56 Å². The Morgan fingerprint density at radius 2 is 2.15 bits per heavy atom. The van der Waals surface area contributed by atoms with Crippen LogP contribution in [0.25, 0.3) is 10.2 Å². The highest BCUT2D eigenvalue weighted by atomic mass is 35.5. The van der Waals surface area contributed by atoms with E-state index in [1.54, 1.807) is 19.1 Å². The number of nitrogens with zero attached hydrogens (tertiary/aromatic N) is 1. The van der Waals surface area contributed by atoms with E-state index >= 15 is 0 Å². The fourth-order valence-corrected chi connectivity index (χ4v) is 4.26. The third-order valence-corrected chi connectivity index (χ3v) is 5.75. The van der Waals surface area contributed by atoms with E-state index in [2.05, 4.69) is 9.97 Å². The number of carbonyl (C=O) groups is 1. The highest BCUT2D eigenvalue weighted by molar-refractivity contribution is 7.20. The van der Waals surface area contributed by atoms with Gasteiger partial charge in [0.1, 0.15) is 28.6 Å². The third-order valence-electron chi connectivity index (χ3n) is 4.23. The number of H-pyrrole nitrogens is 1. The van der Waals surface area contributed by atoms with Crippen LogP contribution in [-0.2, 0) is 17.8 Å². The number of thiophene rings is 1. The average molecular weight is 411 g/mol. The number of carbonyl (C=O) groups excluding carboxylic acids is 1. The number of hydrogen-bond acceptors (Lipinski definition) is 5. The van der Waals surface area contributed by atoms with Gasteiger partial charge >= 0.3 is 5.97 Å². The number of hydrogen-bond donors (Lipinski definition) is 2. The summed E-state index contributed by atoms with van der Waals surface area (Å²) in [4.78, 5) is 33.3. The Bertz CT molecular complexity index is 1060. The van der Waals surface area contributed by atoms with Gasteiger partial charge in [-0.1, -0.05) is 17.7 Å². The van der Waals surface area contributed by atoms with Gasteiger partial charge in [-0.25, -0.2) is 14.2 Å². The number of benzene rings is 1. The van der Waals surface area contributed by atoms with E-state index in [1.165, 1.54) is 13.2 Å². The number of ether oxygens (including phenoxy) is 1. The van der Waals surface area contributed by atoms with Crippen molar-refractivity contribution in [3.8, 4) is 0 Å². The molecule has 1 unspecified atom stereocenters. The maximum Gasteiger partial charge on any atom is 0.348 e. The Labute approximate surface area is 163 Å². The molecule has 0 aliphatic rings. The van der Waals surface area contributed by atoms with Crippen molar-refractivity contribution in [1.29, 1.82) is 0 Å². The monoisotopic (exact) mass is 410 g/mol. The van der Waals surface area contributed by atoms with Crippen LogP contribution in [0.1, 0.15) is 26.6 Å². The number of halogens is 2. The molecule has 0 saturated carbocycles. The average Bonchev–Trinajstić information content (AvgIpc) is 2.94. The number of nitrogens with one attached hydrogen (secondary N) is 2. The summed E-state index contributed by atoms with van der Waals surface area (Å²) >= 11 is 7.20. The topological polar surface area (TPSA) is 76.5 Å². The van der Waals surface area contributed by atoms with E-state index in [0.717, 1.165) is 16.2 Å². The number of aromatic amines is 1. The highest BCUT2D eigenvalue weighted by Crippen LogP contribution is 2.27. The Morgan fingerprint density at radius 1 is 1.41 bits per heavy atom. The zero-order valence-corrected chi connectivity index (χ0v) is 16.6. The van der Waals surface area contributed by atoms with E-state index in [4.69, 9.17) is 16.3 Å². The zero-order valence-electron chi connectivity index (χ0n) is 15.0. The van der Waals surface area contributed by atoms with Gasteiger partial charge in [0, 0.05) is 0 Å². The van der Waals surface area contributed by atoms with Gasteiger partial charge in [0.05, 0.1) is 30.1 Å². The van der Waals surface area contributed by atoms with Crippen LogP contribution in [0.3, 0.4) is 0 Å². The van der Waals surface area contributed by atoms with Gasteiger partial charge in [-0.05, 0) is 24.6 Å². The molecule has 0 aliphatic carbocycles. The number of rotatable bonds is 5. The minimum Gasteiger partial charge on any atom is -0.465 e. The molecule has 9 heteroatoms. The number of methoxy groups -OCH3 is 1. The molecule has 0 saturated heterocycles. The van der Waals surface area contributed by atoms with E-state index in [-0.39, 0.29) is 11.4 Å². The predicted octanol–water partition coefficient (Wildman–Crippen LogP) is 2.09. The molecule has 2 heterocycles. The van der Waals surface area contributed by atoms with Crippen LogP contribution in [0, 0.1) is 12.7 Å². The standard InChI is InChI=1S/C18H17ClFN3O3S/c1-9-14-16(24)21-13(22-17(14)27-15(9)18(25)26-3)8-23(2)7-10-11(19)5-4-6-12(10)20/h4-6H,7-8H2,1-3H3,(H,21,22,24)/p+1. The molecule has 0 radical (unpaired) electrons. The van der Waals surface area contributed by atoms with Crippen LogP contribution in [0.5, 0.6) is 0 Å². The van der Waals surface area contributed by atoms with Crippen molar-refractivity contribution in [2.24, 2.45) is 0 Å². The molecule has 0 aliphatic heterocycles. The van der Waals surface area contributed by atoms with Gasteiger partial charge in [-0.15, -0.1) is 11.3 Å². The molecular weight excluding hydrogens is 393 g/mol. The van der Waals surface area contributed by atoms with Crippen molar-refractivity contribution >= 4 is 39.1 Å². The summed E-state index contributed by atoms with van der Waals surface area (Å²) in [6.07, 6.45) is 0. The van der Waals surface area contributed by atoms with E-state index in [9.17, 15) is 14.0 Å². The second-order valence-electron chi connectivity index (χ2n) is 6.25. The Balaban J connectivity index is 1.89. The van der Waals surface area contributed by atoms with E-state index < -0.39 is 5.97 Å². The molecular formula is C18H18ClFN3O3S+. The summed E-state index contributed by atoms with van der Waals surface area (Å²) in [5.41, 5.74) is 0.664. The largest absolute Gasteiger partial charge is 0.465 e. The van der Waals surface area contributed by atoms with Crippen LogP contribution in [-0.4, -0.2) is 30.1 Å². The summed E-state index contributed by atoms with van der Waals surface area (Å²) in [6, 6.07) is 4.56. The predicted molar refractivity (Wildman–Crippen MR) is 102 cm³/mol. The second-order valence-corrected chi connectivity index (χ2v) is 7.66. The fraction of sp³-hybridized carbons (Fsp3) is 0.278. The first kappa shape index (κ1) is 19.5. The van der Waals surface area contributed by atoms with Crippen molar-refractivity contribution in [3.05, 3.63) is 61.2 Å². The minimum atomic E-state index is -0.492. The molecule has 0 bridgehead atoms. The molecule has 3 aromatic rings. The number of fused-ring (bicyclic) bond motifs is 1. The third kappa shape index (κ3) is 3.87. The van der Waals surface area contributed by atoms with Gasteiger partial charge in [0.15, 0.2) is 5.82 Å². The number of aromatic nitrogens is 2. The summed E-state index contributed by atoms with van der Waals surface area (Å²) < 4.78 is 18.7. The lowest BCUT2D eigenvalue weighted by molar-refractivity contribution is -0.908. The second kappa shape index (κ2) is 7.75. The van der Waals surface area contributed by atoms with Crippen molar-refractivity contribution in [3.63, 3.8) is 0 Å². The summed E-state index contributed by atoms with van der Waals surface area (Å²) in [5, 5.41) is 0.752. The van der Waals surface area contributed by atoms with Gasteiger partial charge in [-0.2, -0.15) is 0 Å². The maximum absolute atomic E-state index is 14.0. The molecule has 2 N–H and O–H groups in total. The number of quaternary nitrogens is 1. The molecule has 142 valence electrons. The Hall–Kier alpha value is -2.29. The normalized spacial score (nSPS) is 12.3. The van der Waals surface area contributed by atoms with Crippen LogP contribution in [0.4, 0.5) is 4.39 Å². The summed E-state index contributed by atoms with van der Waals surface area (Å²) in [5.74, 6) is -0.404. The van der Waals surface area contributed by atoms with Crippen molar-refractivity contribution in [2.45, 2.75) is 20.0 Å². The van der Waals surface area contributed by atoms with Crippen LogP contribution < -0.4 is 10.5 Å². The fourth-order valence-electron chi connectivity index (χ4n) is 2.91. The lowest BCUT2D eigenvalue weighted by Crippen LogP contribution is -3.06. The van der Waals surface area contributed by atoms with Gasteiger partial charge < -0.3 is 14.6 Å². The van der Waals surface area contributed by atoms with Gasteiger partial charge in [0.2, 0.25) is 0 Å². The Morgan fingerprint density at radius 3 is 2.81 bits per heavy atom. The molecule has 3 rings (SSSR count). The molecule has 2 aromatic heterocycles. The van der Waals surface area contributed by atoms with Crippen molar-refractivity contribution in [2.75, 3.05) is 14.2 Å². The smallest absolute Gasteiger partial charge is 0.348 e. The number of aryl methyl sites for hydroxylation is 1. The van der Waals surface area contributed by atoms with Crippen molar-refractivity contribution < 1.29 is 18.8 Å². The molecule has 1 atom stereocenters. The molecule has 0 fully saturated rings. The molecule has 6 nitrogen and oxygen atoms in total. The van der Waals surface area contributed by atoms with E-state index in [0.29, 0.717) is 50.2 Å². The van der Waals surface area contributed by atoms with Crippen molar-refractivity contribution in [1.82, 2.24) is 9.97 Å². The maximum atomic E-state index is 14.0.